The van der Waals surface area contributed by atoms with Crippen LogP contribution in [0.5, 0.6) is 0 Å². The number of halogens is 1. The maximum atomic E-state index is 12.4. The Morgan fingerprint density at radius 3 is 2.83 bits per heavy atom. The first-order chi connectivity index (χ1) is 11.0. The van der Waals surface area contributed by atoms with E-state index in [1.54, 1.807) is 28.2 Å². The van der Waals surface area contributed by atoms with E-state index in [-0.39, 0.29) is 11.6 Å². The van der Waals surface area contributed by atoms with Crippen LogP contribution in [-0.4, -0.2) is 20.7 Å². The van der Waals surface area contributed by atoms with Crippen molar-refractivity contribution in [2.45, 2.75) is 20.4 Å². The topological polar surface area (TPSA) is 59.8 Å². The molecule has 0 spiro atoms. The van der Waals surface area contributed by atoms with Crippen LogP contribution >= 0.6 is 22.9 Å². The molecule has 0 saturated carbocycles. The summed E-state index contributed by atoms with van der Waals surface area (Å²) < 4.78 is 1.70. The van der Waals surface area contributed by atoms with Crippen molar-refractivity contribution in [2.75, 3.05) is 0 Å². The van der Waals surface area contributed by atoms with Crippen molar-refractivity contribution < 1.29 is 4.79 Å². The third-order valence-electron chi connectivity index (χ3n) is 3.28. The molecule has 0 bridgehead atoms. The highest BCUT2D eigenvalue weighted by molar-refractivity contribution is 7.09. The summed E-state index contributed by atoms with van der Waals surface area (Å²) in [4.78, 5) is 17.8. The van der Waals surface area contributed by atoms with Gasteiger partial charge in [0.2, 0.25) is 0 Å². The Balaban J connectivity index is 1.85. The molecule has 0 aromatic carbocycles. The van der Waals surface area contributed by atoms with E-state index in [9.17, 15) is 4.79 Å². The number of nitrogens with zero attached hydrogens (tertiary/aromatic N) is 3. The maximum absolute atomic E-state index is 12.4. The molecule has 3 aromatic heterocycles. The van der Waals surface area contributed by atoms with Gasteiger partial charge in [0.25, 0.3) is 5.91 Å². The van der Waals surface area contributed by atoms with Crippen molar-refractivity contribution >= 4 is 28.8 Å². The monoisotopic (exact) mass is 346 g/mol. The number of aromatic nitrogens is 3. The third kappa shape index (κ3) is 3.43. The number of nitrogens with one attached hydrogen (secondary N) is 1. The van der Waals surface area contributed by atoms with E-state index in [0.29, 0.717) is 17.4 Å². The van der Waals surface area contributed by atoms with Crippen molar-refractivity contribution in [1.82, 2.24) is 20.1 Å². The van der Waals surface area contributed by atoms with Crippen molar-refractivity contribution in [2.24, 2.45) is 0 Å². The molecule has 0 atom stereocenters. The lowest BCUT2D eigenvalue weighted by molar-refractivity contribution is 0.0946. The number of rotatable bonds is 4. The number of amides is 1. The fourth-order valence-corrected chi connectivity index (χ4v) is 3.07. The zero-order valence-corrected chi connectivity index (χ0v) is 14.3. The lowest BCUT2D eigenvalue weighted by Gasteiger charge is -2.08. The molecule has 1 N–H and O–H groups in total. The molecule has 3 rings (SSSR count). The first kappa shape index (κ1) is 15.7. The third-order valence-corrected chi connectivity index (χ3v) is 4.46. The van der Waals surface area contributed by atoms with Crippen LogP contribution < -0.4 is 5.32 Å². The number of thiophene rings is 1. The smallest absolute Gasteiger partial charge is 0.271 e. The molecular formula is C16H15ClN4OS. The number of pyridine rings is 1. The van der Waals surface area contributed by atoms with Gasteiger partial charge >= 0.3 is 0 Å². The summed E-state index contributed by atoms with van der Waals surface area (Å²) in [6, 6.07) is 9.28. The van der Waals surface area contributed by atoms with Gasteiger partial charge in [0, 0.05) is 10.6 Å². The lowest BCUT2D eigenvalue weighted by Crippen LogP contribution is -2.24. The van der Waals surface area contributed by atoms with Gasteiger partial charge in [-0.05, 0) is 43.5 Å². The number of hydrogen-bond donors (Lipinski definition) is 1. The highest BCUT2D eigenvalue weighted by Gasteiger charge is 2.15. The molecule has 0 aliphatic carbocycles. The van der Waals surface area contributed by atoms with Crippen LogP contribution in [0.15, 0.2) is 35.7 Å². The van der Waals surface area contributed by atoms with Gasteiger partial charge in [-0.25, -0.2) is 9.67 Å². The summed E-state index contributed by atoms with van der Waals surface area (Å²) in [6.07, 6.45) is 0. The van der Waals surface area contributed by atoms with E-state index in [0.717, 1.165) is 16.3 Å². The molecule has 118 valence electrons. The van der Waals surface area contributed by atoms with E-state index in [2.05, 4.69) is 15.4 Å². The van der Waals surface area contributed by atoms with Crippen LogP contribution in [0.4, 0.5) is 0 Å². The van der Waals surface area contributed by atoms with Crippen LogP contribution in [0.3, 0.4) is 0 Å². The van der Waals surface area contributed by atoms with Gasteiger partial charge in [-0.3, -0.25) is 4.79 Å². The van der Waals surface area contributed by atoms with Crippen LogP contribution in [0.1, 0.15) is 26.8 Å². The largest absolute Gasteiger partial charge is 0.346 e. The molecule has 5 nitrogen and oxygen atoms in total. The second-order valence-corrected chi connectivity index (χ2v) is 6.54. The van der Waals surface area contributed by atoms with E-state index in [1.807, 2.05) is 37.4 Å². The zero-order valence-electron chi connectivity index (χ0n) is 12.7. The van der Waals surface area contributed by atoms with Crippen molar-refractivity contribution in [3.05, 3.63) is 62.7 Å². The standard InChI is InChI=1S/C16H15ClN4OS/c1-10-8-11(2)21(20-10)14-6-5-13(17)15(19-14)16(22)18-9-12-4-3-7-23-12/h3-8H,9H2,1-2H3,(H,18,22). The first-order valence-electron chi connectivity index (χ1n) is 7.05. The van der Waals surface area contributed by atoms with Crippen LogP contribution in [0, 0.1) is 13.8 Å². The van der Waals surface area contributed by atoms with E-state index < -0.39 is 0 Å². The molecule has 1 amide bonds. The van der Waals surface area contributed by atoms with Crippen LogP contribution in [0.25, 0.3) is 5.82 Å². The molecule has 23 heavy (non-hydrogen) atoms. The Hall–Kier alpha value is -2.18. The highest BCUT2D eigenvalue weighted by Crippen LogP contribution is 2.18. The van der Waals surface area contributed by atoms with Gasteiger partial charge in [0.1, 0.15) is 5.69 Å². The highest BCUT2D eigenvalue weighted by atomic mass is 35.5. The fourth-order valence-electron chi connectivity index (χ4n) is 2.23. The molecule has 0 fully saturated rings. The predicted octanol–water partition coefficient (Wildman–Crippen LogP) is 3.53. The summed E-state index contributed by atoms with van der Waals surface area (Å²) in [6.45, 7) is 4.31. The lowest BCUT2D eigenvalue weighted by atomic mass is 10.3. The number of aryl methyl sites for hydroxylation is 2. The molecule has 0 aliphatic rings. The summed E-state index contributed by atoms with van der Waals surface area (Å²) in [7, 11) is 0. The van der Waals surface area contributed by atoms with Crippen LogP contribution in [0.2, 0.25) is 5.02 Å². The van der Waals surface area contributed by atoms with Gasteiger partial charge in [0.15, 0.2) is 5.82 Å². The summed E-state index contributed by atoms with van der Waals surface area (Å²) in [5.41, 5.74) is 2.04. The number of carbonyl (C=O) groups is 1. The molecule has 0 radical (unpaired) electrons. The van der Waals surface area contributed by atoms with Gasteiger partial charge in [-0.1, -0.05) is 17.7 Å². The van der Waals surface area contributed by atoms with Crippen molar-refractivity contribution in [1.29, 1.82) is 0 Å². The van der Waals surface area contributed by atoms with Gasteiger partial charge in [-0.15, -0.1) is 11.3 Å². The summed E-state index contributed by atoms with van der Waals surface area (Å²) >= 11 is 7.72. The minimum Gasteiger partial charge on any atom is -0.346 e. The molecular weight excluding hydrogens is 332 g/mol. The van der Waals surface area contributed by atoms with Gasteiger partial charge in [-0.2, -0.15) is 5.10 Å². The molecule has 0 unspecified atom stereocenters. The predicted molar refractivity (Wildman–Crippen MR) is 91.3 cm³/mol. The number of carbonyl (C=O) groups excluding carboxylic acids is 1. The van der Waals surface area contributed by atoms with Crippen LogP contribution in [-0.2, 0) is 6.54 Å². The Morgan fingerprint density at radius 1 is 1.35 bits per heavy atom. The first-order valence-corrected chi connectivity index (χ1v) is 8.31. The summed E-state index contributed by atoms with van der Waals surface area (Å²) in [5.74, 6) is 0.271. The Morgan fingerprint density at radius 2 is 2.17 bits per heavy atom. The van der Waals surface area contributed by atoms with Gasteiger partial charge < -0.3 is 5.32 Å². The molecule has 0 saturated heterocycles. The number of hydrogen-bond acceptors (Lipinski definition) is 4. The van der Waals surface area contributed by atoms with E-state index in [1.165, 1.54) is 0 Å². The molecule has 3 aromatic rings. The normalized spacial score (nSPS) is 10.7. The Bertz CT molecular complexity index is 842. The second-order valence-electron chi connectivity index (χ2n) is 5.10. The Labute approximate surface area is 142 Å². The van der Waals surface area contributed by atoms with E-state index >= 15 is 0 Å². The Kier molecular flexibility index (Phi) is 4.45. The quantitative estimate of drug-likeness (QED) is 0.786. The molecule has 7 heteroatoms. The van der Waals surface area contributed by atoms with Crippen molar-refractivity contribution in [3.8, 4) is 5.82 Å². The average Bonchev–Trinajstić information content (AvgIpc) is 3.15. The second kappa shape index (κ2) is 6.52. The average molecular weight is 347 g/mol. The minimum absolute atomic E-state index is 0.202. The SMILES string of the molecule is Cc1cc(C)n(-c2ccc(Cl)c(C(=O)NCc3cccs3)n2)n1. The fraction of sp³-hybridized carbons (Fsp3) is 0.188. The molecule has 0 aliphatic heterocycles. The van der Waals surface area contributed by atoms with Crippen molar-refractivity contribution in [3.63, 3.8) is 0 Å². The van der Waals surface area contributed by atoms with E-state index in [4.69, 9.17) is 11.6 Å². The molecule has 3 heterocycles. The zero-order chi connectivity index (χ0) is 16.4. The maximum Gasteiger partial charge on any atom is 0.271 e. The summed E-state index contributed by atoms with van der Waals surface area (Å²) in [5, 5.41) is 9.50. The van der Waals surface area contributed by atoms with Gasteiger partial charge in [0.05, 0.1) is 17.3 Å². The minimum atomic E-state index is -0.299.